The van der Waals surface area contributed by atoms with E-state index < -0.39 is 61.0 Å². The first-order valence-electron chi connectivity index (χ1n) is 12.0. The van der Waals surface area contributed by atoms with E-state index in [0.717, 1.165) is 12.3 Å². The molecular weight excluding hydrogens is 546 g/mol. The molecule has 1 atom stereocenters. The number of Topliss-reactive ketones (excluding diaryl/α,β-unsaturated/α-hetero) is 1. The lowest BCUT2D eigenvalue weighted by Crippen LogP contribution is -2.57. The Morgan fingerprint density at radius 1 is 1.21 bits per heavy atom. The number of ketones is 1. The highest BCUT2D eigenvalue weighted by molar-refractivity contribution is 7.92. The van der Waals surface area contributed by atoms with Crippen LogP contribution in [0.25, 0.3) is 5.76 Å². The van der Waals surface area contributed by atoms with Crippen LogP contribution in [0.15, 0.2) is 57.3 Å². The minimum absolute atomic E-state index is 0.00204. The number of amides is 1. The molecule has 1 amide bonds. The summed E-state index contributed by atoms with van der Waals surface area (Å²) in [6.07, 6.45) is 1.59. The molecule has 2 aromatic rings. The number of aliphatic hydroxyl groups is 1. The van der Waals surface area contributed by atoms with Crippen molar-refractivity contribution in [1.29, 1.82) is 0 Å². The number of hydrogen-bond acceptors (Lipinski definition) is 9. The maximum atomic E-state index is 14.3. The molecule has 0 spiro atoms. The molecule has 208 valence electrons. The zero-order valence-corrected chi connectivity index (χ0v) is 23.1. The van der Waals surface area contributed by atoms with Gasteiger partial charge in [0.15, 0.2) is 11.6 Å². The molecule has 2 aromatic carbocycles. The molecule has 1 aliphatic heterocycles. The third-order valence-electron chi connectivity index (χ3n) is 6.39. The molecule has 0 aromatic heterocycles. The number of nitrogens with one attached hydrogen (secondary N) is 3. The lowest BCUT2D eigenvalue weighted by atomic mass is 9.71. The van der Waals surface area contributed by atoms with Crippen LogP contribution >= 0.6 is 0 Å². The summed E-state index contributed by atoms with van der Waals surface area (Å²) in [4.78, 5) is 26.5. The van der Waals surface area contributed by atoms with Gasteiger partial charge in [-0.3, -0.25) is 14.3 Å². The zero-order chi connectivity index (χ0) is 28.8. The standard InChI is InChI=1S/C25H29N5O7S2/c1-14(2)10-11-25(28-20(31)13-26)17-7-5-4-6-16(17)22(32)21(23(25)33)24-27-18-9-8-15(29-38(3,34)35)12-19(18)39(36,37)30-24/h4-9,12,14,29,32H,10-11,13,26H2,1-3H3,(H,27,30)(H,28,31). The Kier molecular flexibility index (Phi) is 7.31. The van der Waals surface area contributed by atoms with Crippen molar-refractivity contribution in [2.75, 3.05) is 22.8 Å². The molecule has 14 heteroatoms. The fourth-order valence-corrected chi connectivity index (χ4v) is 6.34. The fourth-order valence-electron chi connectivity index (χ4n) is 4.63. The second kappa shape index (κ2) is 10.1. The van der Waals surface area contributed by atoms with Gasteiger partial charge in [0.1, 0.15) is 21.8 Å². The normalized spacial score (nSPS) is 20.0. The molecule has 4 rings (SSSR count). The summed E-state index contributed by atoms with van der Waals surface area (Å²) in [6.45, 7) is 3.51. The Morgan fingerprint density at radius 2 is 1.90 bits per heavy atom. The highest BCUT2D eigenvalue weighted by atomic mass is 32.2. The van der Waals surface area contributed by atoms with Crippen LogP contribution in [0.2, 0.25) is 0 Å². The second-order valence-electron chi connectivity index (χ2n) is 9.81. The summed E-state index contributed by atoms with van der Waals surface area (Å²) in [7, 11) is -8.13. The van der Waals surface area contributed by atoms with Crippen LogP contribution in [-0.4, -0.2) is 52.3 Å². The average Bonchev–Trinajstić information content (AvgIpc) is 2.85. The third-order valence-corrected chi connectivity index (χ3v) is 8.32. The number of aliphatic hydroxyl groups excluding tert-OH is 1. The summed E-state index contributed by atoms with van der Waals surface area (Å²) in [5.41, 5.74) is 4.12. The van der Waals surface area contributed by atoms with Gasteiger partial charge in [-0.2, -0.15) is 8.42 Å². The van der Waals surface area contributed by atoms with Crippen LogP contribution in [0, 0.1) is 5.92 Å². The third kappa shape index (κ3) is 5.40. The van der Waals surface area contributed by atoms with Gasteiger partial charge >= 0.3 is 0 Å². The molecule has 0 saturated carbocycles. The quantitative estimate of drug-likeness (QED) is 0.312. The van der Waals surface area contributed by atoms with E-state index in [9.17, 15) is 31.5 Å². The fraction of sp³-hybridized carbons (Fsp3) is 0.320. The Morgan fingerprint density at radius 3 is 2.54 bits per heavy atom. The minimum atomic E-state index is -4.45. The Balaban J connectivity index is 1.90. The van der Waals surface area contributed by atoms with Crippen LogP contribution in [0.1, 0.15) is 37.8 Å². The van der Waals surface area contributed by atoms with Gasteiger partial charge in [0.25, 0.3) is 10.0 Å². The lowest BCUT2D eigenvalue weighted by Gasteiger charge is -2.40. The number of benzene rings is 2. The second-order valence-corrected chi connectivity index (χ2v) is 13.1. The van der Waals surface area contributed by atoms with E-state index in [4.69, 9.17) is 5.73 Å². The molecule has 39 heavy (non-hydrogen) atoms. The van der Waals surface area contributed by atoms with E-state index in [0.29, 0.717) is 12.0 Å². The molecule has 1 aliphatic carbocycles. The summed E-state index contributed by atoms with van der Waals surface area (Å²) in [5.74, 6) is -2.14. The molecule has 0 saturated heterocycles. The van der Waals surface area contributed by atoms with E-state index in [-0.39, 0.29) is 34.2 Å². The number of nitrogens with zero attached hydrogens (tertiary/aromatic N) is 1. The largest absolute Gasteiger partial charge is 0.506 e. The van der Waals surface area contributed by atoms with E-state index in [1.54, 1.807) is 24.3 Å². The van der Waals surface area contributed by atoms with Crippen molar-refractivity contribution >= 4 is 54.7 Å². The van der Waals surface area contributed by atoms with Crippen LogP contribution < -0.4 is 21.1 Å². The van der Waals surface area contributed by atoms with Gasteiger partial charge in [0, 0.05) is 11.3 Å². The molecule has 1 unspecified atom stereocenters. The molecule has 0 bridgehead atoms. The molecule has 12 nitrogen and oxygen atoms in total. The topological polar surface area (TPSA) is 197 Å². The maximum Gasteiger partial charge on any atom is 0.286 e. The van der Waals surface area contributed by atoms with E-state index in [2.05, 4.69) is 19.8 Å². The van der Waals surface area contributed by atoms with Crippen LogP contribution in [0.5, 0.6) is 0 Å². The predicted octanol–water partition coefficient (Wildman–Crippen LogP) is 1.83. The van der Waals surface area contributed by atoms with Gasteiger partial charge in [-0.1, -0.05) is 38.1 Å². The highest BCUT2D eigenvalue weighted by Crippen LogP contribution is 2.43. The number of hydrogen-bond donors (Lipinski definition) is 5. The summed E-state index contributed by atoms with van der Waals surface area (Å²) in [5, 5.41) is 16.8. The number of nitrogens with two attached hydrogens (primary N) is 1. The van der Waals surface area contributed by atoms with Crippen molar-refractivity contribution in [3.63, 3.8) is 0 Å². The number of rotatable bonds is 8. The van der Waals surface area contributed by atoms with E-state index >= 15 is 0 Å². The number of anilines is 2. The summed E-state index contributed by atoms with van der Waals surface area (Å²) < 4.78 is 55.6. The summed E-state index contributed by atoms with van der Waals surface area (Å²) in [6, 6.07) is 10.2. The monoisotopic (exact) mass is 575 g/mol. The molecule has 0 radical (unpaired) electrons. The molecular formula is C25H29N5O7S2. The minimum Gasteiger partial charge on any atom is -0.506 e. The van der Waals surface area contributed by atoms with Crippen LogP contribution in [-0.2, 0) is 35.2 Å². The van der Waals surface area contributed by atoms with Gasteiger partial charge in [-0.05, 0) is 42.5 Å². The Hall–Kier alpha value is -3.75. The summed E-state index contributed by atoms with van der Waals surface area (Å²) >= 11 is 0. The average molecular weight is 576 g/mol. The lowest BCUT2D eigenvalue weighted by molar-refractivity contribution is -0.130. The van der Waals surface area contributed by atoms with Crippen molar-refractivity contribution in [3.05, 3.63) is 59.2 Å². The van der Waals surface area contributed by atoms with E-state index in [1.807, 2.05) is 13.8 Å². The number of fused-ring (bicyclic) bond motifs is 2. The van der Waals surface area contributed by atoms with Crippen molar-refractivity contribution in [2.45, 2.75) is 37.1 Å². The Bertz CT molecular complexity index is 1650. The van der Waals surface area contributed by atoms with Crippen molar-refractivity contribution in [1.82, 2.24) is 5.32 Å². The van der Waals surface area contributed by atoms with Crippen molar-refractivity contribution in [2.24, 2.45) is 16.0 Å². The molecule has 1 heterocycles. The molecule has 2 aliphatic rings. The van der Waals surface area contributed by atoms with E-state index in [1.165, 1.54) is 12.1 Å². The smallest absolute Gasteiger partial charge is 0.286 e. The maximum absolute atomic E-state index is 14.3. The van der Waals surface area contributed by atoms with Gasteiger partial charge in [0.2, 0.25) is 15.9 Å². The zero-order valence-electron chi connectivity index (χ0n) is 21.5. The van der Waals surface area contributed by atoms with Gasteiger partial charge in [-0.25, -0.2) is 8.42 Å². The van der Waals surface area contributed by atoms with Crippen LogP contribution in [0.3, 0.4) is 0 Å². The van der Waals surface area contributed by atoms with Crippen LogP contribution in [0.4, 0.5) is 11.4 Å². The van der Waals surface area contributed by atoms with Crippen molar-refractivity contribution < 1.29 is 31.5 Å². The number of carbonyl (C=O) groups excluding carboxylic acids is 2. The molecule has 0 fully saturated rings. The van der Waals surface area contributed by atoms with Gasteiger partial charge < -0.3 is 21.5 Å². The van der Waals surface area contributed by atoms with Gasteiger partial charge in [-0.15, -0.1) is 4.40 Å². The predicted molar refractivity (Wildman–Crippen MR) is 147 cm³/mol. The number of carbonyl (C=O) groups is 2. The first kappa shape index (κ1) is 28.3. The Labute approximate surface area is 226 Å². The SMILES string of the molecule is CC(C)CCC1(NC(=O)CN)C(=O)C(C2=NS(=O)(=O)c3cc(NS(C)(=O)=O)ccc3N2)=C(O)c2ccccc21. The van der Waals surface area contributed by atoms with Gasteiger partial charge in [0.05, 0.1) is 18.5 Å². The first-order chi connectivity index (χ1) is 18.2. The molecule has 6 N–H and O–H groups in total. The number of amidine groups is 1. The highest BCUT2D eigenvalue weighted by Gasteiger charge is 2.50. The number of sulfonamides is 2. The van der Waals surface area contributed by atoms with Crippen molar-refractivity contribution in [3.8, 4) is 0 Å². The first-order valence-corrected chi connectivity index (χ1v) is 15.3.